The number of nitrogens with two attached hydrogens (primary N) is 1. The third-order valence-corrected chi connectivity index (χ3v) is 3.99. The summed E-state index contributed by atoms with van der Waals surface area (Å²) in [5.74, 6) is -1.75. The van der Waals surface area contributed by atoms with Gasteiger partial charge in [-0.1, -0.05) is 24.9 Å². The highest BCUT2D eigenvalue weighted by Crippen LogP contribution is 2.21. The van der Waals surface area contributed by atoms with Crippen LogP contribution < -0.4 is 21.9 Å². The zero-order valence-corrected chi connectivity index (χ0v) is 14.6. The molecular weight excluding hydrogens is 351 g/mol. The molecule has 7 nitrogen and oxygen atoms in total. The quantitative estimate of drug-likeness (QED) is 0.842. The third-order valence-electron chi connectivity index (χ3n) is 3.75. The summed E-state index contributed by atoms with van der Waals surface area (Å²) in [5.41, 5.74) is 3.99. The lowest BCUT2D eigenvalue weighted by Gasteiger charge is -2.20. The Morgan fingerprint density at radius 2 is 2.08 bits per heavy atom. The molecule has 1 heterocycles. The molecule has 0 spiro atoms. The lowest BCUT2D eigenvalue weighted by atomic mass is 10.2. The number of hydrogen-bond acceptors (Lipinski definition) is 4. The molecular formula is C16H18ClFN4O3. The van der Waals surface area contributed by atoms with Crippen molar-refractivity contribution >= 4 is 29.0 Å². The number of halogens is 2. The molecule has 134 valence electrons. The minimum atomic E-state index is -0.821. The number of aromatic nitrogens is 2. The van der Waals surface area contributed by atoms with E-state index in [0.717, 1.165) is 17.4 Å². The molecule has 1 amide bonds. The average molecular weight is 369 g/mol. The van der Waals surface area contributed by atoms with E-state index in [9.17, 15) is 18.8 Å². The topological polar surface area (TPSA) is 101 Å². The van der Waals surface area contributed by atoms with Gasteiger partial charge >= 0.3 is 5.69 Å². The zero-order chi connectivity index (χ0) is 18.7. The Morgan fingerprint density at radius 1 is 1.40 bits per heavy atom. The molecule has 9 heteroatoms. The van der Waals surface area contributed by atoms with Gasteiger partial charge < -0.3 is 10.6 Å². The summed E-state index contributed by atoms with van der Waals surface area (Å²) in [6.45, 7) is 2.23. The lowest BCUT2D eigenvalue weighted by molar-refractivity contribution is 0.0989. The number of amides is 1. The molecule has 0 atom stereocenters. The number of anilines is 2. The van der Waals surface area contributed by atoms with Gasteiger partial charge in [-0.2, -0.15) is 0 Å². The Kier molecular flexibility index (Phi) is 5.63. The molecule has 2 rings (SSSR count). The Hall–Kier alpha value is -2.61. The number of rotatable bonds is 5. The van der Waals surface area contributed by atoms with Crippen LogP contribution in [-0.2, 0) is 6.54 Å². The van der Waals surface area contributed by atoms with Crippen LogP contribution in [0.2, 0.25) is 5.02 Å². The Balaban J connectivity index is 2.51. The smallest absolute Gasteiger partial charge is 0.330 e. The van der Waals surface area contributed by atoms with Crippen LogP contribution in [0.25, 0.3) is 0 Å². The van der Waals surface area contributed by atoms with Crippen LogP contribution in [0.4, 0.5) is 15.9 Å². The number of carbonyl (C=O) groups is 1. The minimum absolute atomic E-state index is 0.141. The van der Waals surface area contributed by atoms with Crippen LogP contribution in [0.15, 0.2) is 27.8 Å². The zero-order valence-electron chi connectivity index (χ0n) is 13.8. The van der Waals surface area contributed by atoms with Crippen molar-refractivity contribution in [3.8, 4) is 0 Å². The van der Waals surface area contributed by atoms with E-state index in [2.05, 4.69) is 4.98 Å². The maximum atomic E-state index is 14.0. The van der Waals surface area contributed by atoms with E-state index in [-0.39, 0.29) is 22.1 Å². The number of carbonyl (C=O) groups excluding carboxylic acids is 1. The van der Waals surface area contributed by atoms with Gasteiger partial charge in [-0.05, 0) is 24.6 Å². The average Bonchev–Trinajstić information content (AvgIpc) is 2.53. The molecule has 0 aliphatic carbocycles. The number of nitrogen functional groups attached to an aromatic ring is 1. The van der Waals surface area contributed by atoms with E-state index in [1.807, 2.05) is 6.92 Å². The van der Waals surface area contributed by atoms with Gasteiger partial charge in [-0.3, -0.25) is 19.1 Å². The maximum Gasteiger partial charge on any atom is 0.330 e. The van der Waals surface area contributed by atoms with Crippen LogP contribution in [-0.4, -0.2) is 22.5 Å². The fraction of sp³-hybridized carbons (Fsp3) is 0.312. The molecule has 25 heavy (non-hydrogen) atoms. The fourth-order valence-electron chi connectivity index (χ4n) is 2.38. The molecule has 0 saturated carbocycles. The third kappa shape index (κ3) is 3.74. The van der Waals surface area contributed by atoms with Crippen molar-refractivity contribution < 1.29 is 9.18 Å². The van der Waals surface area contributed by atoms with E-state index in [1.54, 1.807) is 0 Å². The molecule has 0 saturated heterocycles. The number of unbranched alkanes of at least 4 members (excludes halogenated alkanes) is 1. The van der Waals surface area contributed by atoms with Crippen LogP contribution in [0.1, 0.15) is 30.1 Å². The van der Waals surface area contributed by atoms with Crippen molar-refractivity contribution in [3.05, 3.63) is 55.4 Å². The van der Waals surface area contributed by atoms with Crippen molar-refractivity contribution in [3.63, 3.8) is 0 Å². The monoisotopic (exact) mass is 368 g/mol. The van der Waals surface area contributed by atoms with Crippen molar-refractivity contribution in [1.82, 2.24) is 9.55 Å². The summed E-state index contributed by atoms with van der Waals surface area (Å²) in [4.78, 5) is 39.7. The van der Waals surface area contributed by atoms with Gasteiger partial charge in [-0.25, -0.2) is 9.18 Å². The highest BCUT2D eigenvalue weighted by molar-refractivity contribution is 6.30. The molecule has 0 radical (unpaired) electrons. The van der Waals surface area contributed by atoms with Crippen LogP contribution in [0, 0.1) is 5.82 Å². The van der Waals surface area contributed by atoms with E-state index >= 15 is 0 Å². The van der Waals surface area contributed by atoms with Gasteiger partial charge in [-0.15, -0.1) is 0 Å². The second kappa shape index (κ2) is 7.52. The first-order valence-electron chi connectivity index (χ1n) is 7.63. The lowest BCUT2D eigenvalue weighted by Crippen LogP contribution is -2.39. The van der Waals surface area contributed by atoms with Gasteiger partial charge in [0, 0.05) is 18.6 Å². The van der Waals surface area contributed by atoms with Gasteiger partial charge in [0.05, 0.1) is 5.56 Å². The van der Waals surface area contributed by atoms with Crippen molar-refractivity contribution in [1.29, 1.82) is 0 Å². The normalized spacial score (nSPS) is 10.7. The van der Waals surface area contributed by atoms with Crippen molar-refractivity contribution in [2.75, 3.05) is 17.7 Å². The number of hydrogen-bond donors (Lipinski definition) is 2. The maximum absolute atomic E-state index is 14.0. The molecule has 1 aromatic carbocycles. The van der Waals surface area contributed by atoms with E-state index in [4.69, 9.17) is 17.3 Å². The van der Waals surface area contributed by atoms with Crippen molar-refractivity contribution in [2.45, 2.75) is 26.3 Å². The predicted octanol–water partition coefficient (Wildman–Crippen LogP) is 1.99. The second-order valence-electron chi connectivity index (χ2n) is 5.49. The van der Waals surface area contributed by atoms with Crippen LogP contribution in [0.5, 0.6) is 0 Å². The van der Waals surface area contributed by atoms with Gasteiger partial charge in [0.1, 0.15) is 11.6 Å². The molecule has 2 aromatic rings. The first-order valence-corrected chi connectivity index (χ1v) is 8.01. The van der Waals surface area contributed by atoms with Gasteiger partial charge in [0.15, 0.2) is 5.69 Å². The summed E-state index contributed by atoms with van der Waals surface area (Å²) in [5, 5.41) is 0.141. The van der Waals surface area contributed by atoms with E-state index in [1.165, 1.54) is 23.7 Å². The minimum Gasteiger partial charge on any atom is -0.383 e. The fourth-order valence-corrected chi connectivity index (χ4v) is 2.54. The summed E-state index contributed by atoms with van der Waals surface area (Å²) >= 11 is 5.68. The summed E-state index contributed by atoms with van der Waals surface area (Å²) in [6, 6.07) is 3.58. The SMILES string of the molecule is CCCCn1c(N)c(N(C)C(=O)c2ccc(Cl)cc2F)c(=O)[nH]c1=O. The number of nitrogens with zero attached hydrogens (tertiary/aromatic N) is 2. The first-order chi connectivity index (χ1) is 11.8. The number of nitrogens with one attached hydrogen (secondary N) is 1. The standard InChI is InChI=1S/C16H18ClFN4O3/c1-3-4-7-22-13(19)12(14(23)20-16(22)25)21(2)15(24)10-6-5-9(17)8-11(10)18/h5-6,8H,3-4,7,19H2,1-2H3,(H,20,23,25). The largest absolute Gasteiger partial charge is 0.383 e. The molecule has 0 bridgehead atoms. The molecule has 0 unspecified atom stereocenters. The number of aromatic amines is 1. The van der Waals surface area contributed by atoms with Gasteiger partial charge in [0.25, 0.3) is 11.5 Å². The molecule has 0 aliphatic heterocycles. The second-order valence-corrected chi connectivity index (χ2v) is 5.92. The highest BCUT2D eigenvalue weighted by atomic mass is 35.5. The van der Waals surface area contributed by atoms with Crippen LogP contribution >= 0.6 is 11.6 Å². The Morgan fingerprint density at radius 3 is 2.68 bits per heavy atom. The summed E-state index contributed by atoms with van der Waals surface area (Å²) in [6.07, 6.45) is 1.48. The van der Waals surface area contributed by atoms with Crippen molar-refractivity contribution in [2.24, 2.45) is 0 Å². The van der Waals surface area contributed by atoms with E-state index < -0.39 is 23.0 Å². The number of benzene rings is 1. The summed E-state index contributed by atoms with van der Waals surface area (Å²) in [7, 11) is 1.28. The Labute approximate surface area is 147 Å². The number of H-pyrrole nitrogens is 1. The predicted molar refractivity (Wildman–Crippen MR) is 94.8 cm³/mol. The Bertz CT molecular complexity index is 923. The first kappa shape index (κ1) is 18.7. The van der Waals surface area contributed by atoms with Crippen LogP contribution in [0.3, 0.4) is 0 Å². The van der Waals surface area contributed by atoms with Gasteiger partial charge in [0.2, 0.25) is 0 Å². The molecule has 3 N–H and O–H groups in total. The summed E-state index contributed by atoms with van der Waals surface area (Å²) < 4.78 is 15.2. The van der Waals surface area contributed by atoms with E-state index in [0.29, 0.717) is 13.0 Å². The molecule has 0 fully saturated rings. The molecule has 1 aromatic heterocycles. The highest BCUT2D eigenvalue weighted by Gasteiger charge is 2.24. The molecule has 0 aliphatic rings.